The van der Waals surface area contributed by atoms with E-state index in [0.717, 1.165) is 5.56 Å². The van der Waals surface area contributed by atoms with Crippen LogP contribution in [-0.2, 0) is 9.53 Å². The molecule has 1 aromatic carbocycles. The van der Waals surface area contributed by atoms with Crippen molar-refractivity contribution in [1.82, 2.24) is 0 Å². The fraction of sp³-hybridized carbons (Fsp3) is 0.381. The minimum atomic E-state index is -0.918. The summed E-state index contributed by atoms with van der Waals surface area (Å²) in [6, 6.07) is 7.42. The number of carbonyl (C=O) groups excluding carboxylic acids is 3. The zero-order valence-corrected chi connectivity index (χ0v) is 17.2. The summed E-state index contributed by atoms with van der Waals surface area (Å²) in [5, 5.41) is 2.48. The van der Waals surface area contributed by atoms with Crippen LogP contribution >= 0.6 is 0 Å². The monoisotopic (exact) mass is 402 g/mol. The van der Waals surface area contributed by atoms with Gasteiger partial charge < -0.3 is 19.6 Å². The van der Waals surface area contributed by atoms with Crippen LogP contribution in [0.5, 0.6) is 5.75 Å². The quantitative estimate of drug-likeness (QED) is 0.653. The first-order valence-corrected chi connectivity index (χ1v) is 9.34. The highest BCUT2D eigenvalue weighted by Gasteiger charge is 2.30. The second kappa shape index (κ2) is 9.27. The number of rotatable bonds is 8. The lowest BCUT2D eigenvalue weighted by Gasteiger charge is -2.18. The number of hydrogen-bond donors (Lipinski definition) is 2. The van der Waals surface area contributed by atoms with Gasteiger partial charge in [0, 0.05) is 0 Å². The van der Waals surface area contributed by atoms with Crippen molar-refractivity contribution >= 4 is 23.7 Å². The van der Waals surface area contributed by atoms with Gasteiger partial charge in [-0.25, -0.2) is 4.79 Å². The molecule has 0 radical (unpaired) electrons. The van der Waals surface area contributed by atoms with E-state index in [0.29, 0.717) is 5.75 Å². The predicted molar refractivity (Wildman–Crippen MR) is 107 cm³/mol. The van der Waals surface area contributed by atoms with Crippen LogP contribution in [0.4, 0.5) is 5.88 Å². The van der Waals surface area contributed by atoms with Gasteiger partial charge in [-0.05, 0) is 38.3 Å². The van der Waals surface area contributed by atoms with Gasteiger partial charge in [-0.3, -0.25) is 14.9 Å². The molecule has 2 aromatic rings. The number of esters is 1. The van der Waals surface area contributed by atoms with Crippen LogP contribution < -0.4 is 15.8 Å². The lowest BCUT2D eigenvalue weighted by atomic mass is 10.0. The van der Waals surface area contributed by atoms with Crippen molar-refractivity contribution in [2.24, 2.45) is 5.73 Å². The molecular weight excluding hydrogens is 376 g/mol. The van der Waals surface area contributed by atoms with Crippen molar-refractivity contribution in [2.45, 2.75) is 46.6 Å². The first kappa shape index (κ1) is 22.0. The van der Waals surface area contributed by atoms with Gasteiger partial charge in [-0.2, -0.15) is 0 Å². The molecule has 2 rings (SSSR count). The van der Waals surface area contributed by atoms with E-state index in [2.05, 4.69) is 5.32 Å². The largest absolute Gasteiger partial charge is 0.481 e. The molecule has 0 aliphatic heterocycles. The molecule has 156 valence electrons. The van der Waals surface area contributed by atoms with Gasteiger partial charge in [0.25, 0.3) is 11.8 Å². The van der Waals surface area contributed by atoms with Crippen LogP contribution in [0.1, 0.15) is 65.7 Å². The molecule has 1 unspecified atom stereocenters. The number of aryl methyl sites for hydroxylation is 1. The molecule has 0 saturated heterocycles. The van der Waals surface area contributed by atoms with Crippen molar-refractivity contribution < 1.29 is 28.3 Å². The smallest absolute Gasteiger partial charge is 0.342 e. The highest BCUT2D eigenvalue weighted by Crippen LogP contribution is 2.29. The maximum Gasteiger partial charge on any atom is 0.342 e. The SMILES string of the molecule is CCOC(=O)c1c(C)oc(NC(=O)C(C)Oc2ccccc2C(C)C)c1C(N)=O. The highest BCUT2D eigenvalue weighted by molar-refractivity contribution is 6.10. The van der Waals surface area contributed by atoms with E-state index in [1.165, 1.54) is 6.92 Å². The van der Waals surface area contributed by atoms with Crippen molar-refractivity contribution in [3.05, 3.63) is 46.7 Å². The molecule has 0 fully saturated rings. The molecule has 29 heavy (non-hydrogen) atoms. The zero-order chi connectivity index (χ0) is 21.7. The van der Waals surface area contributed by atoms with Gasteiger partial charge >= 0.3 is 5.97 Å². The lowest BCUT2D eigenvalue weighted by molar-refractivity contribution is -0.122. The summed E-state index contributed by atoms with van der Waals surface area (Å²) in [7, 11) is 0. The molecular formula is C21H26N2O6. The van der Waals surface area contributed by atoms with Crippen LogP contribution in [0, 0.1) is 6.92 Å². The third-order valence-corrected chi connectivity index (χ3v) is 4.26. The Morgan fingerprint density at radius 1 is 1.14 bits per heavy atom. The lowest BCUT2D eigenvalue weighted by Crippen LogP contribution is -2.31. The number of benzene rings is 1. The van der Waals surface area contributed by atoms with Crippen molar-refractivity contribution in [3.63, 3.8) is 0 Å². The Kier molecular flexibility index (Phi) is 7.03. The number of hydrogen-bond acceptors (Lipinski definition) is 6. The molecule has 0 spiro atoms. The maximum atomic E-state index is 12.6. The average Bonchev–Trinajstić information content (AvgIpc) is 2.98. The summed E-state index contributed by atoms with van der Waals surface area (Å²) in [6.07, 6.45) is -0.896. The van der Waals surface area contributed by atoms with Gasteiger partial charge in [0.2, 0.25) is 5.88 Å². The maximum absolute atomic E-state index is 12.6. The fourth-order valence-electron chi connectivity index (χ4n) is 2.84. The van der Waals surface area contributed by atoms with Crippen molar-refractivity contribution in [1.29, 1.82) is 0 Å². The average molecular weight is 402 g/mol. The Bertz CT molecular complexity index is 916. The summed E-state index contributed by atoms with van der Waals surface area (Å²) in [6.45, 7) is 8.84. The Labute approximate surface area is 169 Å². The van der Waals surface area contributed by atoms with Crippen LogP contribution in [0.3, 0.4) is 0 Å². The van der Waals surface area contributed by atoms with E-state index in [-0.39, 0.29) is 35.3 Å². The Morgan fingerprint density at radius 2 is 1.79 bits per heavy atom. The summed E-state index contributed by atoms with van der Waals surface area (Å²) in [5.41, 5.74) is 6.03. The summed E-state index contributed by atoms with van der Waals surface area (Å²) in [5.74, 6) is -1.53. The van der Waals surface area contributed by atoms with Gasteiger partial charge in [-0.1, -0.05) is 32.0 Å². The number of nitrogens with two attached hydrogens (primary N) is 1. The molecule has 3 N–H and O–H groups in total. The number of primary amides is 1. The molecule has 1 heterocycles. The molecule has 8 heteroatoms. The predicted octanol–water partition coefficient (Wildman–Crippen LogP) is 3.39. The number of nitrogens with one attached hydrogen (secondary N) is 1. The molecule has 2 amide bonds. The minimum Gasteiger partial charge on any atom is -0.481 e. The Morgan fingerprint density at radius 3 is 2.38 bits per heavy atom. The van der Waals surface area contributed by atoms with E-state index >= 15 is 0 Å². The summed E-state index contributed by atoms with van der Waals surface area (Å²) < 4.78 is 16.2. The van der Waals surface area contributed by atoms with E-state index in [4.69, 9.17) is 19.6 Å². The van der Waals surface area contributed by atoms with Crippen molar-refractivity contribution in [2.75, 3.05) is 11.9 Å². The molecule has 0 bridgehead atoms. The molecule has 0 aliphatic rings. The molecule has 0 saturated carbocycles. The van der Waals surface area contributed by atoms with Crippen molar-refractivity contribution in [3.8, 4) is 5.75 Å². The van der Waals surface area contributed by atoms with Crippen LogP contribution in [0.2, 0.25) is 0 Å². The normalized spacial score (nSPS) is 11.8. The number of ether oxygens (including phenoxy) is 2. The number of para-hydroxylation sites is 1. The first-order valence-electron chi connectivity index (χ1n) is 9.34. The third kappa shape index (κ3) is 4.96. The fourth-order valence-corrected chi connectivity index (χ4v) is 2.84. The Balaban J connectivity index is 2.25. The number of anilines is 1. The van der Waals surface area contributed by atoms with E-state index in [1.54, 1.807) is 19.9 Å². The second-order valence-electron chi connectivity index (χ2n) is 6.76. The van der Waals surface area contributed by atoms with E-state index in [1.807, 2.05) is 32.0 Å². The number of amides is 2. The second-order valence-corrected chi connectivity index (χ2v) is 6.76. The topological polar surface area (TPSA) is 121 Å². The number of furan rings is 1. The van der Waals surface area contributed by atoms with Gasteiger partial charge in [0.15, 0.2) is 6.10 Å². The molecule has 8 nitrogen and oxygen atoms in total. The first-order chi connectivity index (χ1) is 13.7. The van der Waals surface area contributed by atoms with Crippen LogP contribution in [-0.4, -0.2) is 30.5 Å². The molecule has 1 aromatic heterocycles. The van der Waals surface area contributed by atoms with Crippen LogP contribution in [0.15, 0.2) is 28.7 Å². The summed E-state index contributed by atoms with van der Waals surface area (Å²) >= 11 is 0. The number of carbonyl (C=O) groups is 3. The third-order valence-electron chi connectivity index (χ3n) is 4.26. The highest BCUT2D eigenvalue weighted by atomic mass is 16.5. The Hall–Kier alpha value is -3.29. The minimum absolute atomic E-state index is 0.103. The van der Waals surface area contributed by atoms with Gasteiger partial charge in [-0.15, -0.1) is 0 Å². The zero-order valence-electron chi connectivity index (χ0n) is 17.2. The molecule has 1 atom stereocenters. The van der Waals surface area contributed by atoms with Gasteiger partial charge in [0.1, 0.15) is 22.6 Å². The standard InChI is InChI=1S/C21H26N2O6/c1-6-27-21(26)16-12(4)29-20(17(16)18(22)24)23-19(25)13(5)28-15-10-8-7-9-14(15)11(2)3/h7-11,13H,6H2,1-5H3,(H2,22,24)(H,23,25). The van der Waals surface area contributed by atoms with E-state index < -0.39 is 23.9 Å². The van der Waals surface area contributed by atoms with E-state index in [9.17, 15) is 14.4 Å². The molecule has 0 aliphatic carbocycles. The van der Waals surface area contributed by atoms with Crippen LogP contribution in [0.25, 0.3) is 0 Å². The van der Waals surface area contributed by atoms with Gasteiger partial charge in [0.05, 0.1) is 6.61 Å². The summed E-state index contributed by atoms with van der Waals surface area (Å²) in [4.78, 5) is 36.7.